The maximum absolute atomic E-state index is 9.28. The number of aliphatic hydroxyl groups is 1. The highest BCUT2D eigenvalue weighted by molar-refractivity contribution is 14.0. The topological polar surface area (TPSA) is 59.9 Å². The number of aliphatic hydroxyl groups excluding tert-OH is 1. The van der Waals surface area contributed by atoms with E-state index in [-0.39, 0.29) is 30.6 Å². The summed E-state index contributed by atoms with van der Waals surface area (Å²) in [7, 11) is 0. The van der Waals surface area contributed by atoms with Crippen LogP contribution in [0.15, 0.2) is 4.99 Å². The van der Waals surface area contributed by atoms with Crippen LogP contribution in [-0.4, -0.2) is 60.3 Å². The Morgan fingerprint density at radius 3 is 2.60 bits per heavy atom. The van der Waals surface area contributed by atoms with Crippen molar-refractivity contribution >= 4 is 29.9 Å². The Hall–Kier alpha value is -0.0800. The van der Waals surface area contributed by atoms with Crippen LogP contribution >= 0.6 is 24.0 Å². The predicted molar refractivity (Wildman–Crippen MR) is 117 cm³/mol. The average Bonchev–Trinajstić information content (AvgIpc) is 3.28. The Kier molecular flexibility index (Phi) is 10.6. The van der Waals surface area contributed by atoms with Crippen LogP contribution in [0, 0.1) is 11.8 Å². The molecule has 1 aliphatic heterocycles. The zero-order valence-corrected chi connectivity index (χ0v) is 18.8. The van der Waals surface area contributed by atoms with Crippen molar-refractivity contribution in [2.24, 2.45) is 16.8 Å². The summed E-state index contributed by atoms with van der Waals surface area (Å²) in [6.07, 6.45) is 5.93. The molecule has 0 radical (unpaired) electrons. The molecule has 1 saturated carbocycles. The third-order valence-corrected chi connectivity index (χ3v) is 5.17. The lowest BCUT2D eigenvalue weighted by Crippen LogP contribution is -2.45. The van der Waals surface area contributed by atoms with Crippen molar-refractivity contribution in [3.05, 3.63) is 0 Å². The van der Waals surface area contributed by atoms with Gasteiger partial charge in [0.2, 0.25) is 0 Å². The average molecular weight is 466 g/mol. The summed E-state index contributed by atoms with van der Waals surface area (Å²) < 4.78 is 0. The largest absolute Gasteiger partial charge is 0.396 e. The van der Waals surface area contributed by atoms with Crippen LogP contribution in [0.2, 0.25) is 0 Å². The fourth-order valence-corrected chi connectivity index (χ4v) is 3.94. The van der Waals surface area contributed by atoms with Crippen molar-refractivity contribution < 1.29 is 5.11 Å². The summed E-state index contributed by atoms with van der Waals surface area (Å²) in [5, 5.41) is 16.3. The molecule has 2 fully saturated rings. The van der Waals surface area contributed by atoms with Gasteiger partial charge in [-0.1, -0.05) is 13.8 Å². The molecular weight excluding hydrogens is 427 g/mol. The van der Waals surface area contributed by atoms with Crippen molar-refractivity contribution in [2.45, 2.75) is 77.9 Å². The molecule has 5 nitrogen and oxygen atoms in total. The van der Waals surface area contributed by atoms with E-state index in [0.29, 0.717) is 23.9 Å². The van der Waals surface area contributed by atoms with Crippen molar-refractivity contribution in [2.75, 3.05) is 26.2 Å². The van der Waals surface area contributed by atoms with Gasteiger partial charge >= 0.3 is 0 Å². The normalized spacial score (nSPS) is 25.8. The smallest absolute Gasteiger partial charge is 0.191 e. The standard InChI is InChI=1S/C19H38N4O.HI/c1-5-20-19(21-12-16(8-9-24)10-14(2)3)22-17-11-15(4)23(13-17)18-6-7-18;/h14-18,24H,5-13H2,1-4H3,(H2,20,21,22);1H. The van der Waals surface area contributed by atoms with E-state index in [2.05, 4.69) is 43.2 Å². The Balaban J connectivity index is 0.00000312. The first kappa shape index (κ1) is 23.0. The summed E-state index contributed by atoms with van der Waals surface area (Å²) in [5.74, 6) is 2.06. The van der Waals surface area contributed by atoms with Crippen LogP contribution < -0.4 is 10.6 Å². The highest BCUT2D eigenvalue weighted by atomic mass is 127. The molecule has 25 heavy (non-hydrogen) atoms. The molecular formula is C19H39IN4O. The van der Waals surface area contributed by atoms with Crippen molar-refractivity contribution in [1.82, 2.24) is 15.5 Å². The molecule has 0 aromatic carbocycles. The van der Waals surface area contributed by atoms with E-state index < -0.39 is 0 Å². The molecule has 2 rings (SSSR count). The number of halogens is 1. The molecule has 1 aliphatic carbocycles. The number of likely N-dealkylation sites (tertiary alicyclic amines) is 1. The fraction of sp³-hybridized carbons (Fsp3) is 0.947. The Morgan fingerprint density at radius 2 is 2.04 bits per heavy atom. The quantitative estimate of drug-likeness (QED) is 0.278. The number of nitrogens with one attached hydrogen (secondary N) is 2. The first-order valence-electron chi connectivity index (χ1n) is 9.94. The highest BCUT2D eigenvalue weighted by Gasteiger charge is 2.38. The van der Waals surface area contributed by atoms with E-state index in [4.69, 9.17) is 4.99 Å². The van der Waals surface area contributed by atoms with Crippen LogP contribution in [0.25, 0.3) is 0 Å². The highest BCUT2D eigenvalue weighted by Crippen LogP contribution is 2.33. The number of nitrogens with zero attached hydrogens (tertiary/aromatic N) is 2. The molecule has 0 aromatic rings. The van der Waals surface area contributed by atoms with Gasteiger partial charge in [0.1, 0.15) is 0 Å². The lowest BCUT2D eigenvalue weighted by Gasteiger charge is -2.21. The molecule has 3 N–H and O–H groups in total. The molecule has 1 heterocycles. The van der Waals surface area contributed by atoms with Crippen LogP contribution in [0.4, 0.5) is 0 Å². The van der Waals surface area contributed by atoms with Crippen LogP contribution in [0.3, 0.4) is 0 Å². The SMILES string of the molecule is CCNC(=NCC(CCO)CC(C)C)NC1CC(C)N(C2CC2)C1.I. The molecule has 0 aromatic heterocycles. The molecule has 0 spiro atoms. The molecule has 0 bridgehead atoms. The minimum atomic E-state index is 0. The Morgan fingerprint density at radius 1 is 1.32 bits per heavy atom. The number of aliphatic imine (C=N–C) groups is 1. The minimum absolute atomic E-state index is 0. The van der Waals surface area contributed by atoms with Crippen molar-refractivity contribution in [1.29, 1.82) is 0 Å². The number of rotatable bonds is 9. The third kappa shape index (κ3) is 7.99. The summed E-state index contributed by atoms with van der Waals surface area (Å²) in [5.41, 5.74) is 0. The lowest BCUT2D eigenvalue weighted by molar-refractivity contribution is 0.245. The van der Waals surface area contributed by atoms with Crippen molar-refractivity contribution in [3.63, 3.8) is 0 Å². The summed E-state index contributed by atoms with van der Waals surface area (Å²) in [4.78, 5) is 7.49. The number of hydrogen-bond donors (Lipinski definition) is 3. The fourth-order valence-electron chi connectivity index (χ4n) is 3.94. The number of guanidine groups is 1. The van der Waals surface area contributed by atoms with Gasteiger partial charge in [0.15, 0.2) is 5.96 Å². The lowest BCUT2D eigenvalue weighted by atomic mass is 9.94. The van der Waals surface area contributed by atoms with Gasteiger partial charge in [-0.25, -0.2) is 0 Å². The van der Waals surface area contributed by atoms with Gasteiger partial charge in [-0.15, -0.1) is 24.0 Å². The van der Waals surface area contributed by atoms with E-state index in [1.54, 1.807) is 0 Å². The maximum atomic E-state index is 9.28. The van der Waals surface area contributed by atoms with E-state index >= 15 is 0 Å². The molecule has 3 unspecified atom stereocenters. The van der Waals surface area contributed by atoms with Gasteiger partial charge in [0.25, 0.3) is 0 Å². The van der Waals surface area contributed by atoms with E-state index in [0.717, 1.165) is 44.5 Å². The molecule has 3 atom stereocenters. The predicted octanol–water partition coefficient (Wildman–Crippen LogP) is 2.83. The summed E-state index contributed by atoms with van der Waals surface area (Å²) >= 11 is 0. The van der Waals surface area contributed by atoms with Crippen LogP contribution in [0.5, 0.6) is 0 Å². The zero-order chi connectivity index (χ0) is 17.5. The maximum Gasteiger partial charge on any atom is 0.191 e. The van der Waals surface area contributed by atoms with Gasteiger partial charge in [-0.2, -0.15) is 0 Å². The van der Waals surface area contributed by atoms with Crippen LogP contribution in [-0.2, 0) is 0 Å². The molecule has 148 valence electrons. The minimum Gasteiger partial charge on any atom is -0.396 e. The summed E-state index contributed by atoms with van der Waals surface area (Å²) in [6, 6.07) is 2.02. The molecule has 1 saturated heterocycles. The summed E-state index contributed by atoms with van der Waals surface area (Å²) in [6.45, 7) is 12.0. The second-order valence-corrected chi connectivity index (χ2v) is 8.08. The van der Waals surface area contributed by atoms with Gasteiger partial charge in [0, 0.05) is 44.4 Å². The molecule has 2 aliphatic rings. The van der Waals surface area contributed by atoms with E-state index in [9.17, 15) is 5.11 Å². The first-order chi connectivity index (χ1) is 11.5. The molecule has 6 heteroatoms. The van der Waals surface area contributed by atoms with Gasteiger partial charge in [-0.3, -0.25) is 9.89 Å². The third-order valence-electron chi connectivity index (χ3n) is 5.17. The van der Waals surface area contributed by atoms with Gasteiger partial charge < -0.3 is 15.7 Å². The molecule has 0 amide bonds. The van der Waals surface area contributed by atoms with E-state index in [1.807, 2.05) is 0 Å². The monoisotopic (exact) mass is 466 g/mol. The van der Waals surface area contributed by atoms with Gasteiger partial charge in [0.05, 0.1) is 0 Å². The van der Waals surface area contributed by atoms with Crippen molar-refractivity contribution in [3.8, 4) is 0 Å². The van der Waals surface area contributed by atoms with E-state index in [1.165, 1.54) is 19.3 Å². The number of hydrogen-bond acceptors (Lipinski definition) is 3. The second-order valence-electron chi connectivity index (χ2n) is 8.08. The second kappa shape index (κ2) is 11.6. The van der Waals surface area contributed by atoms with Gasteiger partial charge in [-0.05, 0) is 57.8 Å². The zero-order valence-electron chi connectivity index (χ0n) is 16.5. The van der Waals surface area contributed by atoms with Crippen LogP contribution in [0.1, 0.15) is 59.8 Å². The first-order valence-corrected chi connectivity index (χ1v) is 9.94. The Labute approximate surface area is 171 Å². The Bertz CT molecular complexity index is 401.